The Hall–Kier alpha value is -1.22. The minimum absolute atomic E-state index is 0.249. The van der Waals surface area contributed by atoms with E-state index in [9.17, 15) is 50.0 Å². The SMILES string of the molecule is CCCCCCCCC/C=C/C(O)C(COP(=O)(O)OC1C(O)C(O)C(O)C(O)C1O)NC(=O)CC(O)CCCCCCC/C=C\CCCCCCCCCCCCC. The van der Waals surface area contributed by atoms with Crippen LogP contribution in [0.15, 0.2) is 24.3 Å². The Morgan fingerprint density at radius 2 is 0.983 bits per heavy atom. The zero-order valence-corrected chi connectivity index (χ0v) is 37.6. The Bertz CT molecular complexity index is 1110. The van der Waals surface area contributed by atoms with Crippen molar-refractivity contribution in [3.8, 4) is 0 Å². The van der Waals surface area contributed by atoms with Crippen molar-refractivity contribution in [1.29, 1.82) is 0 Å². The number of hydrogen-bond acceptors (Lipinski definition) is 11. The summed E-state index contributed by atoms with van der Waals surface area (Å²) in [7, 11) is -5.13. The molecule has 13 nitrogen and oxygen atoms in total. The smallest absolute Gasteiger partial charge is 0.393 e. The van der Waals surface area contributed by atoms with Gasteiger partial charge in [-0.1, -0.05) is 167 Å². The molecule has 1 fully saturated rings. The van der Waals surface area contributed by atoms with Crippen molar-refractivity contribution in [2.45, 2.75) is 249 Å². The van der Waals surface area contributed by atoms with Crippen LogP contribution in [-0.4, -0.2) is 108 Å². The minimum atomic E-state index is -5.13. The number of phosphoric acid groups is 1. The van der Waals surface area contributed by atoms with E-state index >= 15 is 0 Å². The molecule has 0 spiro atoms. The molecule has 9 N–H and O–H groups in total. The Labute approximate surface area is 356 Å². The van der Waals surface area contributed by atoms with E-state index in [4.69, 9.17) is 9.05 Å². The fraction of sp³-hybridized carbons (Fsp3) is 0.889. The van der Waals surface area contributed by atoms with Crippen molar-refractivity contribution in [1.82, 2.24) is 5.32 Å². The van der Waals surface area contributed by atoms with Crippen LogP contribution >= 0.6 is 7.82 Å². The standard InChI is InChI=1S/C45H86NO12P/c1-3-5-7-9-11-13-14-15-16-17-18-19-20-21-22-23-25-26-28-30-32-36(47)34-39(49)46-37(38(48)33-31-29-27-24-12-10-8-6-4-2)35-57-59(55,56)58-45-43(53)41(51)40(50)42(52)44(45)54/h20-21,31,33,36-38,40-45,47-48,50-54H,3-19,22-30,32,34-35H2,1-2H3,(H,46,49)(H,55,56)/b21-20-,33-31+. The molecule has 1 amide bonds. The largest absolute Gasteiger partial charge is 0.472 e. The number of aliphatic hydroxyl groups is 7. The molecular formula is C45H86NO12P. The summed E-state index contributed by atoms with van der Waals surface area (Å²) in [6.07, 6.45) is 24.4. The summed E-state index contributed by atoms with van der Waals surface area (Å²) in [6, 6.07) is -1.24. The molecule has 1 saturated carbocycles. The van der Waals surface area contributed by atoms with Crippen LogP contribution in [0.5, 0.6) is 0 Å². The second-order valence-corrected chi connectivity index (χ2v) is 18.2. The number of allylic oxidation sites excluding steroid dienone is 3. The van der Waals surface area contributed by atoms with Crippen molar-refractivity contribution in [2.75, 3.05) is 6.61 Å². The molecule has 0 aromatic carbocycles. The van der Waals surface area contributed by atoms with Crippen molar-refractivity contribution in [3.05, 3.63) is 24.3 Å². The molecule has 0 aromatic rings. The van der Waals surface area contributed by atoms with E-state index in [2.05, 4.69) is 31.3 Å². The predicted molar refractivity (Wildman–Crippen MR) is 234 cm³/mol. The third-order valence-corrected chi connectivity index (χ3v) is 12.3. The Kier molecular flexibility index (Phi) is 33.3. The van der Waals surface area contributed by atoms with Gasteiger partial charge < -0.3 is 46.0 Å². The molecule has 0 radical (unpaired) electrons. The first kappa shape index (κ1) is 55.8. The van der Waals surface area contributed by atoms with Crippen molar-refractivity contribution in [3.63, 3.8) is 0 Å². The van der Waals surface area contributed by atoms with Gasteiger partial charge in [0.1, 0.15) is 36.6 Å². The zero-order valence-electron chi connectivity index (χ0n) is 36.7. The highest BCUT2D eigenvalue weighted by Gasteiger charge is 2.51. The number of amides is 1. The third-order valence-electron chi connectivity index (χ3n) is 11.3. The van der Waals surface area contributed by atoms with Crippen LogP contribution < -0.4 is 5.32 Å². The molecule has 0 bridgehead atoms. The molecular weight excluding hydrogens is 777 g/mol. The van der Waals surface area contributed by atoms with Crippen LogP contribution in [0, 0.1) is 0 Å². The lowest BCUT2D eigenvalue weighted by atomic mass is 9.85. The van der Waals surface area contributed by atoms with E-state index in [1.165, 1.54) is 102 Å². The molecule has 1 rings (SSSR count). The molecule has 14 heteroatoms. The number of carbonyl (C=O) groups excluding carboxylic acids is 1. The number of nitrogens with one attached hydrogen (secondary N) is 1. The highest BCUT2D eigenvalue weighted by molar-refractivity contribution is 7.47. The van der Waals surface area contributed by atoms with Crippen LogP contribution in [0.25, 0.3) is 0 Å². The van der Waals surface area contributed by atoms with Crippen LogP contribution in [0.1, 0.15) is 194 Å². The molecule has 59 heavy (non-hydrogen) atoms. The fourth-order valence-electron chi connectivity index (χ4n) is 7.41. The quantitative estimate of drug-likeness (QED) is 0.0166. The van der Waals surface area contributed by atoms with E-state index in [-0.39, 0.29) is 6.42 Å². The summed E-state index contributed by atoms with van der Waals surface area (Å²) < 4.78 is 22.8. The van der Waals surface area contributed by atoms with Crippen molar-refractivity contribution >= 4 is 13.7 Å². The number of phosphoric ester groups is 1. The first-order valence-corrected chi connectivity index (χ1v) is 24.9. The second kappa shape index (κ2) is 35.3. The zero-order chi connectivity index (χ0) is 43.7. The van der Waals surface area contributed by atoms with Crippen molar-refractivity contribution in [2.24, 2.45) is 0 Å². The highest BCUT2D eigenvalue weighted by atomic mass is 31.2. The normalized spacial score (nSPS) is 23.8. The summed E-state index contributed by atoms with van der Waals surface area (Å²) in [5.41, 5.74) is 0. The Morgan fingerprint density at radius 3 is 1.44 bits per heavy atom. The van der Waals surface area contributed by atoms with Gasteiger partial charge in [0.05, 0.1) is 31.3 Å². The second-order valence-electron chi connectivity index (χ2n) is 16.8. The monoisotopic (exact) mass is 864 g/mol. The lowest BCUT2D eigenvalue weighted by Crippen LogP contribution is -2.64. The van der Waals surface area contributed by atoms with E-state index in [1.807, 2.05) is 0 Å². The maximum Gasteiger partial charge on any atom is 0.472 e. The molecule has 8 atom stereocenters. The fourth-order valence-corrected chi connectivity index (χ4v) is 8.38. The first-order chi connectivity index (χ1) is 28.3. The number of aliphatic hydroxyl groups excluding tert-OH is 7. The van der Waals surface area contributed by atoms with E-state index < -0.39 is 75.2 Å². The maximum absolute atomic E-state index is 13.0. The van der Waals surface area contributed by atoms with Crippen molar-refractivity contribution < 1.29 is 59.0 Å². The van der Waals surface area contributed by atoms with Gasteiger partial charge in [-0.15, -0.1) is 0 Å². The number of unbranched alkanes of at least 4 members (excludes halogenated alkanes) is 23. The molecule has 1 aliphatic carbocycles. The molecule has 0 aliphatic heterocycles. The van der Waals surface area contributed by atoms with Crippen LogP contribution in [0.4, 0.5) is 0 Å². The summed E-state index contributed by atoms with van der Waals surface area (Å²) in [6.45, 7) is 3.69. The summed E-state index contributed by atoms with van der Waals surface area (Å²) >= 11 is 0. The van der Waals surface area contributed by atoms with Gasteiger partial charge in [0.2, 0.25) is 5.91 Å². The van der Waals surface area contributed by atoms with E-state index in [0.29, 0.717) is 12.8 Å². The topological polar surface area (TPSA) is 226 Å². The summed E-state index contributed by atoms with van der Waals surface area (Å²) in [5.74, 6) is -0.599. The van der Waals surface area contributed by atoms with Crippen LogP contribution in [0.2, 0.25) is 0 Å². The van der Waals surface area contributed by atoms with E-state index in [1.54, 1.807) is 6.08 Å². The number of carbonyl (C=O) groups is 1. The van der Waals surface area contributed by atoms with Crippen LogP contribution in [-0.2, 0) is 18.4 Å². The Morgan fingerprint density at radius 1 is 0.593 bits per heavy atom. The van der Waals surface area contributed by atoms with Gasteiger partial charge in [0.15, 0.2) is 0 Å². The average molecular weight is 864 g/mol. The summed E-state index contributed by atoms with van der Waals surface area (Å²) in [4.78, 5) is 23.4. The number of hydrogen-bond donors (Lipinski definition) is 9. The van der Waals surface area contributed by atoms with Gasteiger partial charge in [-0.05, 0) is 44.9 Å². The van der Waals surface area contributed by atoms with Crippen LogP contribution in [0.3, 0.4) is 0 Å². The lowest BCUT2D eigenvalue weighted by Gasteiger charge is -2.41. The predicted octanol–water partition coefficient (Wildman–Crippen LogP) is 7.59. The first-order valence-electron chi connectivity index (χ1n) is 23.4. The molecule has 0 heterocycles. The lowest BCUT2D eigenvalue weighted by molar-refractivity contribution is -0.220. The Balaban J connectivity index is 2.45. The molecule has 348 valence electrons. The molecule has 0 aromatic heterocycles. The number of rotatable bonds is 38. The minimum Gasteiger partial charge on any atom is -0.393 e. The summed E-state index contributed by atoms with van der Waals surface area (Å²) in [5, 5.41) is 74.2. The molecule has 0 saturated heterocycles. The van der Waals surface area contributed by atoms with Gasteiger partial charge in [0, 0.05) is 0 Å². The van der Waals surface area contributed by atoms with Gasteiger partial charge in [-0.3, -0.25) is 13.8 Å². The van der Waals surface area contributed by atoms with Gasteiger partial charge >= 0.3 is 7.82 Å². The van der Waals surface area contributed by atoms with Gasteiger partial charge in [-0.25, -0.2) is 4.57 Å². The van der Waals surface area contributed by atoms with E-state index in [0.717, 1.165) is 64.2 Å². The van der Waals surface area contributed by atoms with Gasteiger partial charge in [0.25, 0.3) is 0 Å². The highest BCUT2D eigenvalue weighted by Crippen LogP contribution is 2.47. The average Bonchev–Trinajstić information content (AvgIpc) is 3.21. The molecule has 1 aliphatic rings. The maximum atomic E-state index is 13.0. The molecule has 8 unspecified atom stereocenters. The van der Waals surface area contributed by atoms with Gasteiger partial charge in [-0.2, -0.15) is 0 Å². The third kappa shape index (κ3) is 27.5.